The first-order valence-corrected chi connectivity index (χ1v) is 13.7. The molecule has 6 nitrogen and oxygen atoms in total. The van der Waals surface area contributed by atoms with Crippen LogP contribution in [0.25, 0.3) is 0 Å². The van der Waals surface area contributed by atoms with Crippen molar-refractivity contribution in [2.75, 3.05) is 10.8 Å². The fourth-order valence-corrected chi connectivity index (χ4v) is 5.39. The molecule has 4 aromatic carbocycles. The van der Waals surface area contributed by atoms with E-state index in [1.807, 2.05) is 31.2 Å². The Kier molecular flexibility index (Phi) is 8.76. The Bertz CT molecular complexity index is 1460. The zero-order valence-electron chi connectivity index (χ0n) is 21.0. The number of carbonyl (C=O) groups is 1. The topological polar surface area (TPSA) is 75.7 Å². The van der Waals surface area contributed by atoms with Crippen molar-refractivity contribution in [2.24, 2.45) is 0 Å². The van der Waals surface area contributed by atoms with E-state index in [9.17, 15) is 17.6 Å². The lowest BCUT2D eigenvalue weighted by Gasteiger charge is -2.26. The summed E-state index contributed by atoms with van der Waals surface area (Å²) in [4.78, 5) is 13.1. The average Bonchev–Trinajstić information content (AvgIpc) is 2.95. The molecule has 1 amide bonds. The lowest BCUT2D eigenvalue weighted by atomic mass is 10.1. The van der Waals surface area contributed by atoms with Gasteiger partial charge in [-0.15, -0.1) is 0 Å². The molecule has 38 heavy (non-hydrogen) atoms. The number of carbonyl (C=O) groups excluding carboxylic acids is 1. The molecule has 1 N–H and O–H groups in total. The zero-order valence-corrected chi connectivity index (χ0v) is 21.8. The molecule has 0 aliphatic heterocycles. The number of hydrogen-bond acceptors (Lipinski definition) is 4. The van der Waals surface area contributed by atoms with E-state index < -0.39 is 15.9 Å². The van der Waals surface area contributed by atoms with Crippen molar-refractivity contribution in [2.45, 2.75) is 31.4 Å². The van der Waals surface area contributed by atoms with Crippen molar-refractivity contribution in [1.29, 1.82) is 0 Å². The van der Waals surface area contributed by atoms with Crippen LogP contribution in [0.3, 0.4) is 0 Å². The van der Waals surface area contributed by atoms with E-state index in [4.69, 9.17) is 4.74 Å². The monoisotopic (exact) mass is 532 g/mol. The summed E-state index contributed by atoms with van der Waals surface area (Å²) in [5, 5.41) is 2.82. The van der Waals surface area contributed by atoms with Crippen molar-refractivity contribution in [3.8, 4) is 5.75 Å². The molecular weight excluding hydrogens is 503 g/mol. The summed E-state index contributed by atoms with van der Waals surface area (Å²) in [6.07, 6.45) is 0.619. The highest BCUT2D eigenvalue weighted by atomic mass is 32.2. The fraction of sp³-hybridized carbons (Fsp3) is 0.167. The molecule has 0 bridgehead atoms. The normalized spacial score (nSPS) is 11.1. The minimum Gasteiger partial charge on any atom is -0.489 e. The predicted octanol–water partition coefficient (Wildman–Crippen LogP) is 5.48. The highest BCUT2D eigenvalue weighted by Gasteiger charge is 2.28. The third-order valence-corrected chi connectivity index (χ3v) is 7.77. The molecule has 4 rings (SSSR count). The molecule has 0 heterocycles. The second kappa shape index (κ2) is 12.4. The van der Waals surface area contributed by atoms with Crippen LogP contribution in [0.2, 0.25) is 0 Å². The molecular formula is C30H29FN2O4S. The molecule has 0 aromatic heterocycles. The zero-order chi connectivity index (χ0) is 27.0. The molecule has 0 spiro atoms. The molecule has 8 heteroatoms. The van der Waals surface area contributed by atoms with Gasteiger partial charge in [0.1, 0.15) is 24.7 Å². The summed E-state index contributed by atoms with van der Waals surface area (Å²) in [6, 6.07) is 28.6. The molecule has 0 unspecified atom stereocenters. The predicted molar refractivity (Wildman–Crippen MR) is 146 cm³/mol. The van der Waals surface area contributed by atoms with Gasteiger partial charge in [0.15, 0.2) is 0 Å². The summed E-state index contributed by atoms with van der Waals surface area (Å²) in [5.74, 6) is -0.0803. The molecule has 0 saturated carbocycles. The lowest BCUT2D eigenvalue weighted by molar-refractivity contribution is -0.119. The van der Waals surface area contributed by atoms with Gasteiger partial charge in [-0.05, 0) is 65.6 Å². The number of halogens is 1. The van der Waals surface area contributed by atoms with Crippen LogP contribution in [0.15, 0.2) is 108 Å². The molecule has 4 aromatic rings. The van der Waals surface area contributed by atoms with Gasteiger partial charge in [-0.25, -0.2) is 12.8 Å². The van der Waals surface area contributed by atoms with E-state index in [2.05, 4.69) is 5.32 Å². The van der Waals surface area contributed by atoms with Crippen molar-refractivity contribution < 1.29 is 22.3 Å². The number of amides is 1. The van der Waals surface area contributed by atoms with Crippen molar-refractivity contribution in [3.63, 3.8) is 0 Å². The molecule has 0 radical (unpaired) electrons. The number of hydrogen-bond donors (Lipinski definition) is 1. The van der Waals surface area contributed by atoms with E-state index >= 15 is 0 Å². The number of para-hydroxylation sites is 1. The molecule has 0 fully saturated rings. The lowest BCUT2D eigenvalue weighted by Crippen LogP contribution is -2.41. The smallest absolute Gasteiger partial charge is 0.264 e. The summed E-state index contributed by atoms with van der Waals surface area (Å²) >= 11 is 0. The largest absolute Gasteiger partial charge is 0.489 e. The van der Waals surface area contributed by atoms with E-state index in [-0.39, 0.29) is 23.8 Å². The molecule has 0 aliphatic carbocycles. The number of nitrogens with zero attached hydrogens (tertiary/aromatic N) is 1. The summed E-state index contributed by atoms with van der Waals surface area (Å²) < 4.78 is 47.0. The highest BCUT2D eigenvalue weighted by Crippen LogP contribution is 2.27. The molecule has 0 aliphatic rings. The Labute approximate surface area is 222 Å². The Hall–Kier alpha value is -4.17. The van der Waals surface area contributed by atoms with E-state index in [1.54, 1.807) is 54.6 Å². The van der Waals surface area contributed by atoms with Crippen LogP contribution in [-0.4, -0.2) is 20.9 Å². The average molecular weight is 533 g/mol. The van der Waals surface area contributed by atoms with Crippen LogP contribution in [0.4, 0.5) is 10.1 Å². The maximum atomic E-state index is 13.5. The SMILES string of the molecule is CCc1ccccc1N(CC(=O)NCc1ccc(OCc2ccc(F)cc2)cc1)S(=O)(=O)c1ccccc1. The first-order valence-electron chi connectivity index (χ1n) is 12.3. The van der Waals surface area contributed by atoms with Crippen LogP contribution >= 0.6 is 0 Å². The van der Waals surface area contributed by atoms with Crippen LogP contribution in [0, 0.1) is 5.82 Å². The Morgan fingerprint density at radius 3 is 2.16 bits per heavy atom. The minimum absolute atomic E-state index is 0.120. The summed E-state index contributed by atoms with van der Waals surface area (Å²) in [6.45, 7) is 2.12. The quantitative estimate of drug-likeness (QED) is 0.278. The van der Waals surface area contributed by atoms with Gasteiger partial charge >= 0.3 is 0 Å². The second-order valence-electron chi connectivity index (χ2n) is 8.64. The van der Waals surface area contributed by atoms with Crippen molar-refractivity contribution in [3.05, 3.63) is 126 Å². The minimum atomic E-state index is -3.97. The summed E-state index contributed by atoms with van der Waals surface area (Å²) in [7, 11) is -3.97. The Balaban J connectivity index is 1.42. The number of benzene rings is 4. The maximum absolute atomic E-state index is 13.5. The van der Waals surface area contributed by atoms with E-state index in [0.29, 0.717) is 24.5 Å². The van der Waals surface area contributed by atoms with Crippen LogP contribution < -0.4 is 14.4 Å². The Morgan fingerprint density at radius 2 is 1.47 bits per heavy atom. The van der Waals surface area contributed by atoms with Crippen LogP contribution in [0.1, 0.15) is 23.6 Å². The van der Waals surface area contributed by atoms with Crippen LogP contribution in [0.5, 0.6) is 5.75 Å². The van der Waals surface area contributed by atoms with E-state index in [0.717, 1.165) is 16.7 Å². The first kappa shape index (κ1) is 26.9. The highest BCUT2D eigenvalue weighted by molar-refractivity contribution is 7.92. The standard InChI is InChI=1S/C30H29FN2O4S/c1-2-25-8-6-7-11-29(25)33(38(35,36)28-9-4-3-5-10-28)21-30(34)32-20-23-14-18-27(19-15-23)37-22-24-12-16-26(31)17-13-24/h3-19H,2,20-22H2,1H3,(H,32,34). The van der Waals surface area contributed by atoms with Gasteiger partial charge in [0.2, 0.25) is 5.91 Å². The molecule has 0 atom stereocenters. The van der Waals surface area contributed by atoms with Gasteiger partial charge in [-0.1, -0.05) is 67.6 Å². The van der Waals surface area contributed by atoms with Gasteiger partial charge in [0, 0.05) is 6.54 Å². The second-order valence-corrected chi connectivity index (χ2v) is 10.5. The number of ether oxygens (including phenoxy) is 1. The van der Waals surface area contributed by atoms with E-state index in [1.165, 1.54) is 28.6 Å². The van der Waals surface area contributed by atoms with Gasteiger partial charge in [-0.2, -0.15) is 0 Å². The number of anilines is 1. The maximum Gasteiger partial charge on any atom is 0.264 e. The number of sulfonamides is 1. The fourth-order valence-electron chi connectivity index (χ4n) is 3.91. The molecule has 0 saturated heterocycles. The van der Waals surface area contributed by atoms with Gasteiger partial charge in [0.25, 0.3) is 10.0 Å². The number of aryl methyl sites for hydroxylation is 1. The summed E-state index contributed by atoms with van der Waals surface area (Å²) in [5.41, 5.74) is 2.99. The van der Waals surface area contributed by atoms with Crippen LogP contribution in [-0.2, 0) is 34.4 Å². The van der Waals surface area contributed by atoms with Crippen molar-refractivity contribution in [1.82, 2.24) is 5.32 Å². The van der Waals surface area contributed by atoms with Gasteiger partial charge in [-0.3, -0.25) is 9.10 Å². The first-order chi connectivity index (χ1) is 18.4. The van der Waals surface area contributed by atoms with Gasteiger partial charge in [0.05, 0.1) is 10.6 Å². The Morgan fingerprint density at radius 1 is 0.842 bits per heavy atom. The van der Waals surface area contributed by atoms with Crippen molar-refractivity contribution >= 4 is 21.6 Å². The molecule has 196 valence electrons. The number of rotatable bonds is 11. The van der Waals surface area contributed by atoms with Gasteiger partial charge < -0.3 is 10.1 Å². The number of nitrogens with one attached hydrogen (secondary N) is 1. The third kappa shape index (κ3) is 6.77. The third-order valence-electron chi connectivity index (χ3n) is 5.99.